The van der Waals surface area contributed by atoms with Crippen molar-refractivity contribution >= 4 is 23.4 Å². The quantitative estimate of drug-likeness (QED) is 0.808. The topological polar surface area (TPSA) is 29.1 Å². The summed E-state index contributed by atoms with van der Waals surface area (Å²) in [5, 5.41) is 3.04. The lowest BCUT2D eigenvalue weighted by Crippen LogP contribution is -2.14. The molecule has 0 aliphatic rings. The Kier molecular flexibility index (Phi) is 5.45. The molecule has 21 heavy (non-hydrogen) atoms. The molecule has 0 atom stereocenters. The van der Waals surface area contributed by atoms with Gasteiger partial charge >= 0.3 is 0 Å². The van der Waals surface area contributed by atoms with Gasteiger partial charge in [0.1, 0.15) is 0 Å². The van der Waals surface area contributed by atoms with E-state index < -0.39 is 0 Å². The molecule has 0 bridgehead atoms. The van der Waals surface area contributed by atoms with Crippen LogP contribution in [0.25, 0.3) is 0 Å². The highest BCUT2D eigenvalue weighted by atomic mass is 32.2. The van der Waals surface area contributed by atoms with Crippen LogP contribution in [0.15, 0.2) is 47.4 Å². The summed E-state index contributed by atoms with van der Waals surface area (Å²) in [4.78, 5) is 13.3. The van der Waals surface area contributed by atoms with Crippen molar-refractivity contribution in [2.45, 2.75) is 32.1 Å². The Morgan fingerprint density at radius 1 is 1.05 bits per heavy atom. The Hall–Kier alpha value is -1.74. The Morgan fingerprint density at radius 2 is 1.67 bits per heavy atom. The first-order valence-corrected chi connectivity index (χ1v) is 8.10. The van der Waals surface area contributed by atoms with Crippen molar-refractivity contribution in [3.8, 4) is 0 Å². The second-order valence-electron chi connectivity index (χ2n) is 5.23. The molecule has 110 valence electrons. The van der Waals surface area contributed by atoms with Gasteiger partial charge in [0.05, 0.1) is 0 Å². The van der Waals surface area contributed by atoms with Crippen LogP contribution >= 0.6 is 11.8 Å². The summed E-state index contributed by atoms with van der Waals surface area (Å²) >= 11 is 1.71. The van der Waals surface area contributed by atoms with Crippen LogP contribution in [-0.4, -0.2) is 11.7 Å². The first kappa shape index (κ1) is 15.6. The van der Waals surface area contributed by atoms with Crippen LogP contribution in [0.1, 0.15) is 23.1 Å². The molecule has 2 nitrogen and oxygen atoms in total. The monoisotopic (exact) mass is 299 g/mol. The van der Waals surface area contributed by atoms with Crippen LogP contribution in [0.4, 0.5) is 5.69 Å². The van der Waals surface area contributed by atoms with Gasteiger partial charge in [-0.15, -0.1) is 11.8 Å². The molecule has 0 aliphatic carbocycles. The van der Waals surface area contributed by atoms with E-state index in [1.807, 2.05) is 32.0 Å². The average molecular weight is 299 g/mol. The maximum Gasteiger partial charge on any atom is 0.225 e. The maximum absolute atomic E-state index is 12.1. The highest BCUT2D eigenvalue weighted by Crippen LogP contribution is 2.23. The summed E-state index contributed by atoms with van der Waals surface area (Å²) in [6.07, 6.45) is 0.520. The van der Waals surface area contributed by atoms with Gasteiger partial charge in [0, 0.05) is 22.8 Å². The average Bonchev–Trinajstić information content (AvgIpc) is 2.44. The SMILES string of the molecule is Cc1cc(C)c(NC(=O)CCSc2ccccc2)c(C)c1. The van der Waals surface area contributed by atoms with Crippen LogP contribution in [0.3, 0.4) is 0 Å². The van der Waals surface area contributed by atoms with E-state index in [-0.39, 0.29) is 5.91 Å². The van der Waals surface area contributed by atoms with E-state index in [0.717, 1.165) is 22.6 Å². The van der Waals surface area contributed by atoms with Crippen molar-refractivity contribution in [2.75, 3.05) is 11.1 Å². The number of aryl methyl sites for hydroxylation is 3. The number of thioether (sulfide) groups is 1. The van der Waals surface area contributed by atoms with Gasteiger partial charge in [-0.25, -0.2) is 0 Å². The van der Waals surface area contributed by atoms with Crippen molar-refractivity contribution in [1.29, 1.82) is 0 Å². The molecule has 3 heteroatoms. The minimum atomic E-state index is 0.0773. The normalized spacial score (nSPS) is 10.4. The minimum Gasteiger partial charge on any atom is -0.326 e. The van der Waals surface area contributed by atoms with Gasteiger partial charge in [-0.05, 0) is 44.0 Å². The lowest BCUT2D eigenvalue weighted by atomic mass is 10.1. The smallest absolute Gasteiger partial charge is 0.225 e. The zero-order valence-electron chi connectivity index (χ0n) is 12.8. The highest BCUT2D eigenvalue weighted by Gasteiger charge is 2.08. The van der Waals surface area contributed by atoms with Gasteiger partial charge in [0.25, 0.3) is 0 Å². The van der Waals surface area contributed by atoms with E-state index in [9.17, 15) is 4.79 Å². The second-order valence-corrected chi connectivity index (χ2v) is 6.40. The van der Waals surface area contributed by atoms with Crippen molar-refractivity contribution in [2.24, 2.45) is 0 Å². The first-order valence-electron chi connectivity index (χ1n) is 7.12. The summed E-state index contributed by atoms with van der Waals surface area (Å²) in [6.45, 7) is 6.14. The van der Waals surface area contributed by atoms with E-state index in [1.165, 1.54) is 10.5 Å². The molecule has 0 saturated carbocycles. The van der Waals surface area contributed by atoms with Gasteiger partial charge in [-0.1, -0.05) is 35.9 Å². The number of nitrogens with one attached hydrogen (secondary N) is 1. The molecule has 0 radical (unpaired) electrons. The Bertz CT molecular complexity index is 599. The predicted octanol–water partition coefficient (Wildman–Crippen LogP) is 4.73. The number of hydrogen-bond acceptors (Lipinski definition) is 2. The fraction of sp³-hybridized carbons (Fsp3) is 0.278. The summed E-state index contributed by atoms with van der Waals surface area (Å²) in [5.74, 6) is 0.869. The number of carbonyl (C=O) groups excluding carboxylic acids is 1. The molecular formula is C18H21NOS. The van der Waals surface area contributed by atoms with E-state index in [1.54, 1.807) is 11.8 Å². The number of carbonyl (C=O) groups is 1. The van der Waals surface area contributed by atoms with Crippen LogP contribution in [0.2, 0.25) is 0 Å². The number of benzene rings is 2. The molecule has 0 aliphatic heterocycles. The van der Waals surface area contributed by atoms with Crippen LogP contribution in [0.5, 0.6) is 0 Å². The highest BCUT2D eigenvalue weighted by molar-refractivity contribution is 7.99. The molecule has 2 rings (SSSR count). The second kappa shape index (κ2) is 7.32. The van der Waals surface area contributed by atoms with Crippen LogP contribution in [-0.2, 0) is 4.79 Å². The minimum absolute atomic E-state index is 0.0773. The van der Waals surface area contributed by atoms with Crippen molar-refractivity contribution in [3.05, 3.63) is 59.2 Å². The third-order valence-corrected chi connectivity index (χ3v) is 4.30. The Morgan fingerprint density at radius 3 is 2.29 bits per heavy atom. The Labute approximate surface area is 131 Å². The van der Waals surface area contributed by atoms with Crippen molar-refractivity contribution in [1.82, 2.24) is 0 Å². The fourth-order valence-corrected chi connectivity index (χ4v) is 3.23. The molecule has 0 unspecified atom stereocenters. The third kappa shape index (κ3) is 4.64. The van der Waals surface area contributed by atoms with E-state index in [0.29, 0.717) is 6.42 Å². The molecule has 1 amide bonds. The van der Waals surface area contributed by atoms with E-state index in [4.69, 9.17) is 0 Å². The molecule has 2 aromatic rings. The third-order valence-electron chi connectivity index (χ3n) is 3.28. The molecule has 2 aromatic carbocycles. The van der Waals surface area contributed by atoms with E-state index >= 15 is 0 Å². The van der Waals surface area contributed by atoms with Gasteiger partial charge in [-0.3, -0.25) is 4.79 Å². The first-order chi connectivity index (χ1) is 10.1. The Balaban J connectivity index is 1.88. The number of hydrogen-bond donors (Lipinski definition) is 1. The van der Waals surface area contributed by atoms with Crippen LogP contribution in [0, 0.1) is 20.8 Å². The van der Waals surface area contributed by atoms with Crippen molar-refractivity contribution < 1.29 is 4.79 Å². The number of anilines is 1. The summed E-state index contributed by atoms with van der Waals surface area (Å²) in [5.41, 5.74) is 4.42. The molecule has 0 fully saturated rings. The standard InChI is InChI=1S/C18H21NOS/c1-13-11-14(2)18(15(3)12-13)19-17(20)9-10-21-16-7-5-4-6-8-16/h4-8,11-12H,9-10H2,1-3H3,(H,19,20). The molecule has 0 heterocycles. The number of amides is 1. The molecule has 0 saturated heterocycles. The van der Waals surface area contributed by atoms with E-state index in [2.05, 4.69) is 36.5 Å². The summed E-state index contributed by atoms with van der Waals surface area (Å²) in [6, 6.07) is 14.4. The fourth-order valence-electron chi connectivity index (χ4n) is 2.36. The van der Waals surface area contributed by atoms with Crippen molar-refractivity contribution in [3.63, 3.8) is 0 Å². The van der Waals surface area contributed by atoms with Gasteiger partial charge < -0.3 is 5.32 Å². The maximum atomic E-state index is 12.1. The van der Waals surface area contributed by atoms with Gasteiger partial charge in [0.2, 0.25) is 5.91 Å². The van der Waals surface area contributed by atoms with Gasteiger partial charge in [-0.2, -0.15) is 0 Å². The lowest BCUT2D eigenvalue weighted by molar-refractivity contribution is -0.115. The molecular weight excluding hydrogens is 278 g/mol. The summed E-state index contributed by atoms with van der Waals surface area (Å²) < 4.78 is 0. The predicted molar refractivity (Wildman–Crippen MR) is 91.1 cm³/mol. The van der Waals surface area contributed by atoms with Gasteiger partial charge in [0.15, 0.2) is 0 Å². The van der Waals surface area contributed by atoms with Crippen LogP contribution < -0.4 is 5.32 Å². The summed E-state index contributed by atoms with van der Waals surface area (Å²) in [7, 11) is 0. The zero-order chi connectivity index (χ0) is 15.2. The molecule has 0 aromatic heterocycles. The molecule has 1 N–H and O–H groups in total. The number of rotatable bonds is 5. The largest absolute Gasteiger partial charge is 0.326 e. The zero-order valence-corrected chi connectivity index (χ0v) is 13.6. The lowest BCUT2D eigenvalue weighted by Gasteiger charge is -2.12. The molecule has 0 spiro atoms.